The van der Waals surface area contributed by atoms with Crippen LogP contribution < -0.4 is 27.0 Å². The van der Waals surface area contributed by atoms with E-state index in [-0.39, 0.29) is 19.3 Å². The van der Waals surface area contributed by atoms with Gasteiger partial charge in [-0.25, -0.2) is 4.79 Å². The summed E-state index contributed by atoms with van der Waals surface area (Å²) in [6, 6.07) is 2.85. The lowest BCUT2D eigenvalue weighted by Crippen LogP contribution is -2.58. The zero-order valence-corrected chi connectivity index (χ0v) is 20.2. The van der Waals surface area contributed by atoms with E-state index >= 15 is 0 Å². The van der Waals surface area contributed by atoms with Gasteiger partial charge >= 0.3 is 5.97 Å². The minimum atomic E-state index is -1.41. The first-order valence-electron chi connectivity index (χ1n) is 12.0. The molecule has 4 atom stereocenters. The van der Waals surface area contributed by atoms with Crippen LogP contribution in [0, 0.1) is 0 Å². The van der Waals surface area contributed by atoms with E-state index in [9.17, 15) is 34.2 Å². The van der Waals surface area contributed by atoms with Gasteiger partial charge in [0.1, 0.15) is 18.1 Å². The van der Waals surface area contributed by atoms with Gasteiger partial charge in [0.2, 0.25) is 23.6 Å². The number of H-pyrrole nitrogens is 1. The summed E-state index contributed by atoms with van der Waals surface area (Å²) in [5, 5.41) is 30.4. The maximum atomic E-state index is 13.2. The number of carbonyl (C=O) groups excluding carboxylic acids is 4. The Morgan fingerprint density at radius 1 is 1.03 bits per heavy atom. The van der Waals surface area contributed by atoms with Gasteiger partial charge in [-0.1, -0.05) is 18.2 Å². The Morgan fingerprint density at radius 3 is 2.38 bits per heavy atom. The van der Waals surface area contributed by atoms with Crippen molar-refractivity contribution in [1.82, 2.24) is 26.3 Å². The monoisotopic (exact) mass is 516 g/mol. The number of primary amides is 1. The predicted molar refractivity (Wildman–Crippen MR) is 132 cm³/mol. The lowest BCUT2D eigenvalue weighted by molar-refractivity contribution is -0.142. The molecule has 3 rings (SSSR count). The van der Waals surface area contributed by atoms with Gasteiger partial charge in [0, 0.05) is 29.9 Å². The molecule has 1 fully saturated rings. The second-order valence-electron chi connectivity index (χ2n) is 8.92. The third kappa shape index (κ3) is 7.51. The fourth-order valence-corrected chi connectivity index (χ4v) is 4.19. The van der Waals surface area contributed by atoms with Crippen molar-refractivity contribution in [3.8, 4) is 0 Å². The summed E-state index contributed by atoms with van der Waals surface area (Å²) in [6.45, 7) is -0.0382. The van der Waals surface area contributed by atoms with Crippen LogP contribution in [-0.4, -0.2) is 82.1 Å². The summed E-state index contributed by atoms with van der Waals surface area (Å²) < 4.78 is 0. The second kappa shape index (κ2) is 12.8. The van der Waals surface area contributed by atoms with Crippen molar-refractivity contribution in [2.24, 2.45) is 5.73 Å². The number of aromatic amines is 1. The van der Waals surface area contributed by atoms with Gasteiger partial charge in [0.25, 0.3) is 0 Å². The highest BCUT2D eigenvalue weighted by molar-refractivity contribution is 5.95. The average Bonchev–Trinajstić information content (AvgIpc) is 3.55. The SMILES string of the molecule is NC(=O)CCC(NC(=O)C(Cc1c[nH]c2ccccc12)NC(=O)C(CO)NC(=O)C1CCCN1)C(=O)O. The summed E-state index contributed by atoms with van der Waals surface area (Å²) in [4.78, 5) is 64.4. The summed E-state index contributed by atoms with van der Waals surface area (Å²) in [5.41, 5.74) is 6.59. The molecule has 0 spiro atoms. The first kappa shape index (κ1) is 27.6. The molecular formula is C24H32N6O7. The Kier molecular flexibility index (Phi) is 9.57. The van der Waals surface area contributed by atoms with Crippen molar-refractivity contribution in [3.63, 3.8) is 0 Å². The molecule has 9 N–H and O–H groups in total. The van der Waals surface area contributed by atoms with Crippen LogP contribution in [0.5, 0.6) is 0 Å². The number of aromatic nitrogens is 1. The topological polar surface area (TPSA) is 216 Å². The van der Waals surface area contributed by atoms with Crippen LogP contribution in [0.1, 0.15) is 31.2 Å². The fourth-order valence-electron chi connectivity index (χ4n) is 4.19. The normalized spacial score (nSPS) is 17.5. The number of hydrogen-bond acceptors (Lipinski definition) is 7. The average molecular weight is 517 g/mol. The number of rotatable bonds is 13. The second-order valence-corrected chi connectivity index (χ2v) is 8.92. The number of fused-ring (bicyclic) bond motifs is 1. The van der Waals surface area contributed by atoms with Crippen molar-refractivity contribution >= 4 is 40.5 Å². The van der Waals surface area contributed by atoms with Crippen LogP contribution in [0.15, 0.2) is 30.5 Å². The van der Waals surface area contributed by atoms with E-state index < -0.39 is 60.4 Å². The Balaban J connectivity index is 1.78. The molecule has 37 heavy (non-hydrogen) atoms. The highest BCUT2D eigenvalue weighted by Crippen LogP contribution is 2.19. The molecule has 0 aliphatic carbocycles. The molecule has 13 nitrogen and oxygen atoms in total. The van der Waals surface area contributed by atoms with Crippen molar-refractivity contribution in [2.45, 2.75) is 56.3 Å². The van der Waals surface area contributed by atoms with Gasteiger partial charge in [-0.05, 0) is 37.4 Å². The van der Waals surface area contributed by atoms with Gasteiger partial charge in [-0.15, -0.1) is 0 Å². The maximum absolute atomic E-state index is 13.2. The number of para-hydroxylation sites is 1. The zero-order chi connectivity index (χ0) is 26.9. The highest BCUT2D eigenvalue weighted by atomic mass is 16.4. The number of aliphatic hydroxyl groups excluding tert-OH is 1. The number of carbonyl (C=O) groups is 5. The minimum Gasteiger partial charge on any atom is -0.480 e. The van der Waals surface area contributed by atoms with Crippen molar-refractivity contribution in [3.05, 3.63) is 36.0 Å². The van der Waals surface area contributed by atoms with Gasteiger partial charge < -0.3 is 42.2 Å². The van der Waals surface area contributed by atoms with Crippen molar-refractivity contribution in [2.75, 3.05) is 13.2 Å². The molecule has 1 aliphatic rings. The molecule has 13 heteroatoms. The molecule has 1 aliphatic heterocycles. The Hall–Kier alpha value is -3.97. The largest absolute Gasteiger partial charge is 0.480 e. The van der Waals surface area contributed by atoms with Crippen LogP contribution >= 0.6 is 0 Å². The lowest BCUT2D eigenvalue weighted by Gasteiger charge is -2.24. The standard InChI is InChI=1S/C24H32N6O7/c25-20(32)8-7-17(24(36)37)28-22(34)18(10-13-11-27-15-5-2-1-4-14(13)15)29-23(35)19(12-31)30-21(33)16-6-3-9-26-16/h1-2,4-5,11,16-19,26-27,31H,3,6-10,12H2,(H2,25,32)(H,28,34)(H,29,35)(H,30,33)(H,36,37). The van der Waals surface area contributed by atoms with E-state index in [4.69, 9.17) is 5.73 Å². The number of benzene rings is 1. The Bertz CT molecular complexity index is 1140. The molecule has 2 heterocycles. The molecule has 200 valence electrons. The number of amides is 4. The number of aliphatic carboxylic acids is 1. The maximum Gasteiger partial charge on any atom is 0.326 e. The molecular weight excluding hydrogens is 484 g/mol. The first-order valence-corrected chi connectivity index (χ1v) is 12.0. The molecule has 1 aromatic heterocycles. The summed E-state index contributed by atoms with van der Waals surface area (Å²) >= 11 is 0. The molecule has 2 aromatic rings. The van der Waals surface area contributed by atoms with Crippen LogP contribution in [-0.2, 0) is 30.4 Å². The number of nitrogens with two attached hydrogens (primary N) is 1. The molecule has 4 unspecified atom stereocenters. The number of carboxylic acid groups (broad SMARTS) is 1. The molecule has 0 bridgehead atoms. The van der Waals surface area contributed by atoms with E-state index in [0.717, 1.165) is 17.3 Å². The quantitative estimate of drug-likeness (QED) is 0.152. The van der Waals surface area contributed by atoms with E-state index in [1.54, 1.807) is 6.20 Å². The van der Waals surface area contributed by atoms with Crippen LogP contribution in [0.25, 0.3) is 10.9 Å². The van der Waals surface area contributed by atoms with Crippen molar-refractivity contribution in [1.29, 1.82) is 0 Å². The Labute approximate surface area is 212 Å². The number of aliphatic hydroxyl groups is 1. The molecule has 1 aromatic carbocycles. The zero-order valence-electron chi connectivity index (χ0n) is 20.2. The molecule has 0 saturated carbocycles. The first-order chi connectivity index (χ1) is 17.7. The number of nitrogens with one attached hydrogen (secondary N) is 5. The number of hydrogen-bond donors (Lipinski definition) is 8. The van der Waals surface area contributed by atoms with Crippen LogP contribution in [0.4, 0.5) is 0 Å². The Morgan fingerprint density at radius 2 is 1.73 bits per heavy atom. The third-order valence-electron chi connectivity index (χ3n) is 6.22. The molecule has 1 saturated heterocycles. The summed E-state index contributed by atoms with van der Waals surface area (Å²) in [5.74, 6) is -4.14. The van der Waals surface area contributed by atoms with Crippen LogP contribution in [0.3, 0.4) is 0 Å². The predicted octanol–water partition coefficient (Wildman–Crippen LogP) is -1.74. The highest BCUT2D eigenvalue weighted by Gasteiger charge is 2.31. The number of carboxylic acids is 1. The van der Waals surface area contributed by atoms with Crippen molar-refractivity contribution < 1.29 is 34.2 Å². The van der Waals surface area contributed by atoms with Gasteiger partial charge in [-0.3, -0.25) is 19.2 Å². The fraction of sp³-hybridized carbons (Fsp3) is 0.458. The van der Waals surface area contributed by atoms with E-state index in [0.29, 0.717) is 18.5 Å². The third-order valence-corrected chi connectivity index (χ3v) is 6.22. The van der Waals surface area contributed by atoms with Gasteiger partial charge in [0.15, 0.2) is 0 Å². The van der Waals surface area contributed by atoms with E-state index in [1.807, 2.05) is 24.3 Å². The van der Waals surface area contributed by atoms with E-state index in [2.05, 4.69) is 26.3 Å². The minimum absolute atomic E-state index is 0.0139. The smallest absolute Gasteiger partial charge is 0.326 e. The van der Waals surface area contributed by atoms with Gasteiger partial charge in [-0.2, -0.15) is 0 Å². The van der Waals surface area contributed by atoms with Gasteiger partial charge in [0.05, 0.1) is 12.6 Å². The van der Waals surface area contributed by atoms with Crippen LogP contribution in [0.2, 0.25) is 0 Å². The molecule has 4 amide bonds. The summed E-state index contributed by atoms with van der Waals surface area (Å²) in [6.07, 6.45) is 2.58. The lowest BCUT2D eigenvalue weighted by atomic mass is 10.0. The summed E-state index contributed by atoms with van der Waals surface area (Å²) in [7, 11) is 0. The molecule has 0 radical (unpaired) electrons. The van der Waals surface area contributed by atoms with E-state index in [1.165, 1.54) is 0 Å².